The fourth-order valence-electron chi connectivity index (χ4n) is 4.02. The highest BCUT2D eigenvalue weighted by Crippen LogP contribution is 2.27. The summed E-state index contributed by atoms with van der Waals surface area (Å²) in [6.07, 6.45) is 3.11. The van der Waals surface area contributed by atoms with E-state index < -0.39 is 15.9 Å². The molecule has 13 heteroatoms. The zero-order valence-corrected chi connectivity index (χ0v) is 24.5. The van der Waals surface area contributed by atoms with Crippen LogP contribution in [0.1, 0.15) is 38.8 Å². The lowest BCUT2D eigenvalue weighted by atomic mass is 10.2. The first kappa shape index (κ1) is 28.1. The number of nitrogens with one attached hydrogen (secondary N) is 1. The number of amides is 1. The second-order valence-corrected chi connectivity index (χ2v) is 12.6. The van der Waals surface area contributed by atoms with Crippen LogP contribution in [0.4, 0.5) is 0 Å². The maximum Gasteiger partial charge on any atom is 0.290 e. The summed E-state index contributed by atoms with van der Waals surface area (Å²) in [7, 11) is -3.92. The molecular formula is C27H23Cl2N5O4S2. The average Bonchev–Trinajstić information content (AvgIpc) is 3.61. The number of imidazole rings is 1. The molecule has 0 spiro atoms. The molecule has 3 heterocycles. The molecule has 0 aliphatic carbocycles. The fourth-order valence-corrected chi connectivity index (χ4v) is 6.64. The van der Waals surface area contributed by atoms with E-state index in [4.69, 9.17) is 27.6 Å². The molecule has 5 aromatic rings. The van der Waals surface area contributed by atoms with Crippen LogP contribution < -0.4 is 5.43 Å². The number of thiazole rings is 1. The van der Waals surface area contributed by atoms with Crippen molar-refractivity contribution in [2.24, 2.45) is 5.10 Å². The molecule has 0 aliphatic rings. The van der Waals surface area contributed by atoms with Gasteiger partial charge in [-0.3, -0.25) is 9.20 Å². The second kappa shape index (κ2) is 11.6. The molecule has 0 aliphatic heterocycles. The Hall–Kier alpha value is -3.48. The van der Waals surface area contributed by atoms with Gasteiger partial charge in [0.25, 0.3) is 5.91 Å². The van der Waals surface area contributed by atoms with Crippen molar-refractivity contribution in [2.45, 2.75) is 31.8 Å². The van der Waals surface area contributed by atoms with E-state index in [2.05, 4.69) is 15.5 Å². The van der Waals surface area contributed by atoms with Crippen molar-refractivity contribution >= 4 is 61.6 Å². The number of benzene rings is 2. The Morgan fingerprint density at radius 1 is 1.12 bits per heavy atom. The molecule has 1 amide bonds. The Kier molecular flexibility index (Phi) is 8.11. The summed E-state index contributed by atoms with van der Waals surface area (Å²) in [5, 5.41) is 6.64. The topological polar surface area (TPSA) is 109 Å². The van der Waals surface area contributed by atoms with Gasteiger partial charge in [0.1, 0.15) is 17.2 Å². The van der Waals surface area contributed by atoms with Crippen molar-refractivity contribution in [3.05, 3.63) is 110 Å². The number of sulfonamides is 1. The molecule has 2 aromatic carbocycles. The summed E-state index contributed by atoms with van der Waals surface area (Å²) in [6, 6.07) is 14.8. The van der Waals surface area contributed by atoms with Crippen molar-refractivity contribution in [3.8, 4) is 0 Å². The van der Waals surface area contributed by atoms with Crippen LogP contribution in [0.2, 0.25) is 10.0 Å². The van der Waals surface area contributed by atoms with E-state index in [1.807, 2.05) is 12.3 Å². The van der Waals surface area contributed by atoms with E-state index in [1.165, 1.54) is 21.9 Å². The normalized spacial score (nSPS) is 12.1. The van der Waals surface area contributed by atoms with Crippen molar-refractivity contribution in [2.75, 3.05) is 0 Å². The molecule has 0 saturated heterocycles. The molecular weight excluding hydrogens is 593 g/mol. The number of carbonyl (C=O) groups is 1. The number of furan rings is 1. The molecule has 0 atom stereocenters. The standard InChI is InChI=1S/C27H23Cl2N5O4S2/c1-17-3-9-23(10-4-17)40(36,37)33(15-19-5-6-20(28)13-24(19)29)16-22-8-7-21(38-22)14-30-32-26(35)25-18(2)31-27-34(25)11-12-39-27/h3-14H,15-16H2,1-2H3,(H,32,35)/b30-14+. The number of fused-ring (bicyclic) bond motifs is 1. The molecule has 0 saturated carbocycles. The summed E-state index contributed by atoms with van der Waals surface area (Å²) in [4.78, 5) is 17.9. The maximum absolute atomic E-state index is 13.6. The number of carbonyl (C=O) groups excluding carboxylic acids is 1. The Balaban J connectivity index is 1.34. The van der Waals surface area contributed by atoms with Gasteiger partial charge in [0.05, 0.1) is 23.3 Å². The van der Waals surface area contributed by atoms with Gasteiger partial charge >= 0.3 is 0 Å². The minimum absolute atomic E-state index is 0.00581. The molecule has 40 heavy (non-hydrogen) atoms. The van der Waals surface area contributed by atoms with Crippen molar-refractivity contribution in [1.82, 2.24) is 19.1 Å². The Morgan fingerprint density at radius 3 is 2.65 bits per heavy atom. The van der Waals surface area contributed by atoms with Crippen molar-refractivity contribution in [3.63, 3.8) is 0 Å². The molecule has 0 radical (unpaired) electrons. The van der Waals surface area contributed by atoms with Gasteiger partial charge < -0.3 is 4.42 Å². The Labute approximate surface area is 244 Å². The molecule has 3 aromatic heterocycles. The van der Waals surface area contributed by atoms with E-state index >= 15 is 0 Å². The zero-order valence-electron chi connectivity index (χ0n) is 21.3. The molecule has 5 rings (SSSR count). The number of hydrogen-bond acceptors (Lipinski definition) is 7. The quantitative estimate of drug-likeness (QED) is 0.160. The van der Waals surface area contributed by atoms with Gasteiger partial charge in [0.2, 0.25) is 10.0 Å². The number of aromatic nitrogens is 2. The molecule has 206 valence electrons. The van der Waals surface area contributed by atoms with Crippen LogP contribution in [-0.2, 0) is 23.1 Å². The van der Waals surface area contributed by atoms with Gasteiger partial charge in [0.15, 0.2) is 4.96 Å². The van der Waals surface area contributed by atoms with E-state index in [0.29, 0.717) is 43.5 Å². The first-order valence-corrected chi connectivity index (χ1v) is 15.0. The summed E-state index contributed by atoms with van der Waals surface area (Å²) < 4.78 is 36.1. The molecule has 1 N–H and O–H groups in total. The van der Waals surface area contributed by atoms with Crippen LogP contribution in [0.3, 0.4) is 0 Å². The van der Waals surface area contributed by atoms with Gasteiger partial charge in [-0.05, 0) is 55.8 Å². The molecule has 0 fully saturated rings. The third-order valence-corrected chi connectivity index (χ3v) is 9.19. The van der Waals surface area contributed by atoms with E-state index in [9.17, 15) is 13.2 Å². The highest BCUT2D eigenvalue weighted by molar-refractivity contribution is 7.89. The number of aryl methyl sites for hydroxylation is 2. The number of rotatable bonds is 9. The highest BCUT2D eigenvalue weighted by Gasteiger charge is 2.27. The highest BCUT2D eigenvalue weighted by atomic mass is 35.5. The third kappa shape index (κ3) is 5.98. The van der Waals surface area contributed by atoms with Crippen LogP contribution in [-0.4, -0.2) is 34.2 Å². The number of nitrogens with zero attached hydrogens (tertiary/aromatic N) is 4. The van der Waals surface area contributed by atoms with Crippen LogP contribution in [0, 0.1) is 13.8 Å². The van der Waals surface area contributed by atoms with Gasteiger partial charge in [-0.2, -0.15) is 9.41 Å². The summed E-state index contributed by atoms with van der Waals surface area (Å²) >= 11 is 13.8. The van der Waals surface area contributed by atoms with E-state index in [0.717, 1.165) is 5.56 Å². The predicted molar refractivity (Wildman–Crippen MR) is 156 cm³/mol. The monoisotopic (exact) mass is 615 g/mol. The minimum Gasteiger partial charge on any atom is -0.459 e. The summed E-state index contributed by atoms with van der Waals surface area (Å²) in [6.45, 7) is 3.56. The van der Waals surface area contributed by atoms with E-state index in [-0.39, 0.29) is 18.0 Å². The van der Waals surface area contributed by atoms with E-state index in [1.54, 1.807) is 72.1 Å². The number of halogens is 2. The molecule has 0 bridgehead atoms. The third-order valence-electron chi connectivity index (χ3n) is 6.04. The minimum atomic E-state index is -3.92. The first-order chi connectivity index (χ1) is 19.1. The van der Waals surface area contributed by atoms with Crippen LogP contribution >= 0.6 is 34.5 Å². The summed E-state index contributed by atoms with van der Waals surface area (Å²) in [5.74, 6) is 0.292. The maximum atomic E-state index is 13.6. The summed E-state index contributed by atoms with van der Waals surface area (Å²) in [5.41, 5.74) is 5.00. The smallest absolute Gasteiger partial charge is 0.290 e. The van der Waals surface area contributed by atoms with Gasteiger partial charge in [-0.1, -0.05) is 47.0 Å². The number of hydrazone groups is 1. The van der Waals surface area contributed by atoms with Gasteiger partial charge in [0, 0.05) is 28.2 Å². The van der Waals surface area contributed by atoms with Crippen molar-refractivity contribution in [1.29, 1.82) is 0 Å². The molecule has 9 nitrogen and oxygen atoms in total. The average molecular weight is 617 g/mol. The van der Waals surface area contributed by atoms with Crippen LogP contribution in [0.5, 0.6) is 0 Å². The zero-order chi connectivity index (χ0) is 28.4. The van der Waals surface area contributed by atoms with Gasteiger partial charge in [-0.15, -0.1) is 11.3 Å². The van der Waals surface area contributed by atoms with Crippen molar-refractivity contribution < 1.29 is 17.6 Å². The predicted octanol–water partition coefficient (Wildman–Crippen LogP) is 6.07. The Morgan fingerprint density at radius 2 is 1.90 bits per heavy atom. The lowest BCUT2D eigenvalue weighted by Crippen LogP contribution is -2.30. The molecule has 0 unspecified atom stereocenters. The lowest BCUT2D eigenvalue weighted by molar-refractivity contribution is 0.0948. The fraction of sp³-hybridized carbons (Fsp3) is 0.148. The van der Waals surface area contributed by atoms with Crippen LogP contribution in [0.25, 0.3) is 4.96 Å². The SMILES string of the molecule is Cc1ccc(S(=O)(=O)N(Cc2ccc(/C=N/NC(=O)c3c(C)nc4sccn34)o2)Cc2ccc(Cl)cc2Cl)cc1. The second-order valence-electron chi connectivity index (χ2n) is 8.93. The number of hydrogen-bond donors (Lipinski definition) is 1. The largest absolute Gasteiger partial charge is 0.459 e. The Bertz CT molecular complexity index is 1830. The lowest BCUT2D eigenvalue weighted by Gasteiger charge is -2.22. The van der Waals surface area contributed by atoms with Crippen LogP contribution in [0.15, 0.2) is 80.6 Å². The first-order valence-electron chi connectivity index (χ1n) is 12.0. The van der Waals surface area contributed by atoms with Gasteiger partial charge in [-0.25, -0.2) is 18.8 Å².